The first-order valence-electron chi connectivity index (χ1n) is 7.55. The summed E-state index contributed by atoms with van der Waals surface area (Å²) in [4.78, 5) is 10.5. The van der Waals surface area contributed by atoms with Crippen LogP contribution in [0, 0.1) is 18.3 Å². The highest BCUT2D eigenvalue weighted by atomic mass is 16.5. The van der Waals surface area contributed by atoms with Crippen molar-refractivity contribution in [2.75, 3.05) is 7.05 Å². The summed E-state index contributed by atoms with van der Waals surface area (Å²) in [6, 6.07) is 7.84. The van der Waals surface area contributed by atoms with E-state index in [4.69, 9.17) is 9.78 Å². The van der Waals surface area contributed by atoms with Gasteiger partial charge in [-0.15, -0.1) is 0 Å². The first-order valence-corrected chi connectivity index (χ1v) is 7.55. The number of pyridine rings is 1. The Balaban J connectivity index is 1.69. The smallest absolute Gasteiger partial charge is 0.241 e. The molecule has 7 nitrogen and oxygen atoms in total. The van der Waals surface area contributed by atoms with Crippen LogP contribution in [0.1, 0.15) is 22.8 Å². The maximum Gasteiger partial charge on any atom is 0.241 e. The molecule has 0 unspecified atom stereocenters. The fourth-order valence-electron chi connectivity index (χ4n) is 2.54. The summed E-state index contributed by atoms with van der Waals surface area (Å²) >= 11 is 0. The third kappa shape index (κ3) is 3.19. The zero-order valence-electron chi connectivity index (χ0n) is 13.9. The van der Waals surface area contributed by atoms with Crippen molar-refractivity contribution in [1.82, 2.24) is 24.6 Å². The van der Waals surface area contributed by atoms with Gasteiger partial charge in [-0.1, -0.05) is 5.16 Å². The average molecular weight is 322 g/mol. The molecule has 0 aliphatic carbocycles. The molecule has 3 heterocycles. The van der Waals surface area contributed by atoms with Gasteiger partial charge in [-0.25, -0.2) is 0 Å². The lowest BCUT2D eigenvalue weighted by molar-refractivity contribution is 0.260. The summed E-state index contributed by atoms with van der Waals surface area (Å²) in [6.07, 6.45) is 3.41. The van der Waals surface area contributed by atoms with E-state index >= 15 is 0 Å². The number of hydrogen-bond donors (Lipinski definition) is 0. The van der Waals surface area contributed by atoms with Crippen molar-refractivity contribution in [3.05, 3.63) is 53.4 Å². The predicted molar refractivity (Wildman–Crippen MR) is 87.6 cm³/mol. The van der Waals surface area contributed by atoms with Crippen LogP contribution in [0.3, 0.4) is 0 Å². The number of nitrogens with zero attached hydrogens (tertiary/aromatic N) is 6. The molecule has 0 aromatic carbocycles. The van der Waals surface area contributed by atoms with Gasteiger partial charge in [0.15, 0.2) is 0 Å². The molecule has 0 radical (unpaired) electrons. The quantitative estimate of drug-likeness (QED) is 0.716. The summed E-state index contributed by atoms with van der Waals surface area (Å²) in [7, 11) is 3.88. The Kier molecular flexibility index (Phi) is 4.40. The molecular weight excluding hydrogens is 304 g/mol. The van der Waals surface area contributed by atoms with E-state index in [1.165, 1.54) is 0 Å². The highest BCUT2D eigenvalue weighted by Gasteiger charge is 2.14. The van der Waals surface area contributed by atoms with E-state index in [1.807, 2.05) is 43.8 Å². The van der Waals surface area contributed by atoms with Gasteiger partial charge in [0.1, 0.15) is 11.8 Å². The SMILES string of the molecule is Cc1c(CN(C)Cc2nc(-c3cccnc3)no2)cc(C#N)n1C. The van der Waals surface area contributed by atoms with Crippen LogP contribution in [-0.4, -0.2) is 31.6 Å². The van der Waals surface area contributed by atoms with E-state index in [2.05, 4.69) is 26.1 Å². The molecule has 24 heavy (non-hydrogen) atoms. The van der Waals surface area contributed by atoms with E-state index in [0.717, 1.165) is 16.8 Å². The predicted octanol–water partition coefficient (Wildman–Crippen LogP) is 2.28. The third-order valence-corrected chi connectivity index (χ3v) is 3.99. The Hall–Kier alpha value is -2.98. The van der Waals surface area contributed by atoms with E-state index < -0.39 is 0 Å². The number of hydrogen-bond acceptors (Lipinski definition) is 6. The largest absolute Gasteiger partial charge is 0.340 e. The van der Waals surface area contributed by atoms with Crippen LogP contribution in [0.15, 0.2) is 35.1 Å². The Morgan fingerprint density at radius 1 is 1.38 bits per heavy atom. The lowest BCUT2D eigenvalue weighted by Crippen LogP contribution is -2.17. The molecule has 122 valence electrons. The molecule has 0 spiro atoms. The normalized spacial score (nSPS) is 11.0. The lowest BCUT2D eigenvalue weighted by atomic mass is 10.2. The van der Waals surface area contributed by atoms with Crippen LogP contribution in [0.25, 0.3) is 11.4 Å². The van der Waals surface area contributed by atoms with Crippen molar-refractivity contribution < 1.29 is 4.52 Å². The molecule has 0 aliphatic heterocycles. The molecule has 3 rings (SSSR count). The molecule has 7 heteroatoms. The zero-order chi connectivity index (χ0) is 17.1. The Morgan fingerprint density at radius 3 is 2.88 bits per heavy atom. The van der Waals surface area contributed by atoms with Gasteiger partial charge in [-0.3, -0.25) is 9.88 Å². The van der Waals surface area contributed by atoms with Crippen molar-refractivity contribution in [2.24, 2.45) is 7.05 Å². The van der Waals surface area contributed by atoms with Crippen LogP contribution in [-0.2, 0) is 20.1 Å². The maximum atomic E-state index is 9.11. The Bertz CT molecular complexity index is 874. The Labute approximate surface area is 140 Å². The van der Waals surface area contributed by atoms with Gasteiger partial charge in [0.25, 0.3) is 0 Å². The van der Waals surface area contributed by atoms with Crippen LogP contribution < -0.4 is 0 Å². The van der Waals surface area contributed by atoms with Crippen LogP contribution >= 0.6 is 0 Å². The molecule has 0 saturated heterocycles. The highest BCUT2D eigenvalue weighted by molar-refractivity contribution is 5.51. The summed E-state index contributed by atoms with van der Waals surface area (Å²) in [5.41, 5.74) is 3.68. The summed E-state index contributed by atoms with van der Waals surface area (Å²) < 4.78 is 7.22. The first-order chi connectivity index (χ1) is 11.6. The fourth-order valence-corrected chi connectivity index (χ4v) is 2.54. The van der Waals surface area contributed by atoms with Gasteiger partial charge in [0.05, 0.1) is 6.54 Å². The zero-order valence-corrected chi connectivity index (χ0v) is 13.9. The first kappa shape index (κ1) is 15.9. The molecule has 0 saturated carbocycles. The summed E-state index contributed by atoms with van der Waals surface area (Å²) in [5.74, 6) is 1.08. The minimum absolute atomic E-state index is 0.531. The highest BCUT2D eigenvalue weighted by Crippen LogP contribution is 2.17. The Morgan fingerprint density at radius 2 is 2.21 bits per heavy atom. The van der Waals surface area contributed by atoms with Gasteiger partial charge in [-0.05, 0) is 37.7 Å². The topological polar surface area (TPSA) is 83.8 Å². The molecule has 0 amide bonds. The van der Waals surface area contributed by atoms with Crippen molar-refractivity contribution in [1.29, 1.82) is 5.26 Å². The second-order valence-electron chi connectivity index (χ2n) is 5.74. The summed E-state index contributed by atoms with van der Waals surface area (Å²) in [5, 5.41) is 13.1. The number of rotatable bonds is 5. The molecule has 0 N–H and O–H groups in total. The third-order valence-electron chi connectivity index (χ3n) is 3.99. The van der Waals surface area contributed by atoms with E-state index in [9.17, 15) is 0 Å². The van der Waals surface area contributed by atoms with Crippen molar-refractivity contribution in [2.45, 2.75) is 20.0 Å². The molecule has 0 aliphatic rings. The fraction of sp³-hybridized carbons (Fsp3) is 0.294. The molecule has 3 aromatic heterocycles. The molecule has 0 atom stereocenters. The van der Waals surface area contributed by atoms with Gasteiger partial charge in [-0.2, -0.15) is 10.2 Å². The van der Waals surface area contributed by atoms with Crippen molar-refractivity contribution in [3.63, 3.8) is 0 Å². The van der Waals surface area contributed by atoms with Crippen molar-refractivity contribution in [3.8, 4) is 17.5 Å². The second-order valence-corrected chi connectivity index (χ2v) is 5.74. The van der Waals surface area contributed by atoms with E-state index in [-0.39, 0.29) is 0 Å². The molecule has 0 bridgehead atoms. The second kappa shape index (κ2) is 6.64. The minimum Gasteiger partial charge on any atom is -0.340 e. The monoisotopic (exact) mass is 322 g/mol. The van der Waals surface area contributed by atoms with Crippen molar-refractivity contribution >= 4 is 0 Å². The van der Waals surface area contributed by atoms with Gasteiger partial charge in [0, 0.05) is 37.2 Å². The molecular formula is C17H18N6O. The molecule has 3 aromatic rings. The molecule has 0 fully saturated rings. The van der Waals surface area contributed by atoms with Gasteiger partial charge >= 0.3 is 0 Å². The van der Waals surface area contributed by atoms with Gasteiger partial charge < -0.3 is 9.09 Å². The number of aromatic nitrogens is 4. The lowest BCUT2D eigenvalue weighted by Gasteiger charge is -2.14. The van der Waals surface area contributed by atoms with Crippen LogP contribution in [0.4, 0.5) is 0 Å². The maximum absolute atomic E-state index is 9.11. The number of nitriles is 1. The van der Waals surface area contributed by atoms with E-state index in [1.54, 1.807) is 12.4 Å². The minimum atomic E-state index is 0.531. The average Bonchev–Trinajstić information content (AvgIpc) is 3.15. The summed E-state index contributed by atoms with van der Waals surface area (Å²) in [6.45, 7) is 3.24. The van der Waals surface area contributed by atoms with E-state index in [0.29, 0.717) is 30.5 Å². The van der Waals surface area contributed by atoms with Gasteiger partial charge in [0.2, 0.25) is 11.7 Å². The van der Waals surface area contributed by atoms with Crippen LogP contribution in [0.2, 0.25) is 0 Å². The standard InChI is InChI=1S/C17H18N6O/c1-12-14(7-15(8-18)23(12)3)10-22(2)11-16-20-17(21-24-16)13-5-4-6-19-9-13/h4-7,9H,10-11H2,1-3H3. The van der Waals surface area contributed by atoms with Crippen LogP contribution in [0.5, 0.6) is 0 Å².